The minimum Gasteiger partial charge on any atom is -0.301 e. The average molecular weight is 191 g/mol. The summed E-state index contributed by atoms with van der Waals surface area (Å²) in [7, 11) is 1.72. The number of amides is 1. The molecule has 0 saturated heterocycles. The van der Waals surface area contributed by atoms with Crippen LogP contribution in [-0.2, 0) is 4.79 Å². The number of hydrogen-bond acceptors (Lipinski definition) is 3. The highest BCUT2D eigenvalue weighted by atomic mass is 32.2. The fourth-order valence-electron chi connectivity index (χ4n) is 0.559. The van der Waals surface area contributed by atoms with Gasteiger partial charge in [0.05, 0.1) is 0 Å². The lowest BCUT2D eigenvalue weighted by molar-refractivity contribution is -0.125. The van der Waals surface area contributed by atoms with Gasteiger partial charge in [0.15, 0.2) is 0 Å². The maximum absolute atomic E-state index is 11.1. The highest BCUT2D eigenvalue weighted by Gasteiger charge is 2.09. The molecule has 0 aromatic carbocycles. The van der Waals surface area contributed by atoms with Crippen LogP contribution in [0.25, 0.3) is 0 Å². The predicted octanol–water partition coefficient (Wildman–Crippen LogP) is 1.89. The lowest BCUT2D eigenvalue weighted by Crippen LogP contribution is -2.29. The second kappa shape index (κ2) is 5.55. The molecule has 0 aliphatic heterocycles. The molecule has 0 aliphatic carbocycles. The number of thioether (sulfide) groups is 1. The second-order valence-corrected chi connectivity index (χ2v) is 3.90. The predicted molar refractivity (Wildman–Crippen MR) is 53.8 cm³/mol. The number of rotatable bonds is 2. The molecule has 0 unspecified atom stereocenters. The molecule has 0 rings (SSSR count). The Morgan fingerprint density at radius 2 is 2.09 bits per heavy atom. The zero-order valence-corrected chi connectivity index (χ0v) is 8.72. The van der Waals surface area contributed by atoms with Crippen molar-refractivity contribution >= 4 is 34.2 Å². The third-order valence-electron chi connectivity index (χ3n) is 1.22. The van der Waals surface area contributed by atoms with Crippen LogP contribution in [0.4, 0.5) is 0 Å². The Hall–Kier alpha value is -0.0900. The molecule has 2 nitrogen and oxygen atoms in total. The van der Waals surface area contributed by atoms with Gasteiger partial charge in [0.1, 0.15) is 4.32 Å². The maximum Gasteiger partial charge on any atom is 0.227 e. The molecule has 0 aromatic rings. The number of carbonyl (C=O) groups excluding carboxylic acids is 1. The van der Waals surface area contributed by atoms with Crippen LogP contribution in [0.5, 0.6) is 0 Å². The zero-order chi connectivity index (χ0) is 8.85. The van der Waals surface area contributed by atoms with Gasteiger partial charge in [-0.3, -0.25) is 4.79 Å². The minimum absolute atomic E-state index is 0.0796. The maximum atomic E-state index is 11.1. The first kappa shape index (κ1) is 10.9. The molecule has 0 bridgehead atoms. The van der Waals surface area contributed by atoms with Crippen molar-refractivity contribution in [2.45, 2.75) is 20.3 Å². The van der Waals surface area contributed by atoms with E-state index in [1.165, 1.54) is 16.7 Å². The van der Waals surface area contributed by atoms with Crippen molar-refractivity contribution < 1.29 is 4.79 Å². The van der Waals surface area contributed by atoms with Crippen molar-refractivity contribution in [3.05, 3.63) is 0 Å². The normalized spacial score (nSPS) is 9.36. The summed E-state index contributed by atoms with van der Waals surface area (Å²) < 4.78 is 0.666. The first-order valence-electron chi connectivity index (χ1n) is 3.56. The van der Waals surface area contributed by atoms with Gasteiger partial charge in [0.25, 0.3) is 0 Å². The van der Waals surface area contributed by atoms with Gasteiger partial charge in [-0.2, -0.15) is 0 Å². The van der Waals surface area contributed by atoms with Gasteiger partial charge in [-0.1, -0.05) is 37.8 Å². The summed E-state index contributed by atoms with van der Waals surface area (Å²) in [4.78, 5) is 12.6. The van der Waals surface area contributed by atoms with Crippen molar-refractivity contribution in [1.29, 1.82) is 0 Å². The first-order chi connectivity index (χ1) is 5.13. The van der Waals surface area contributed by atoms with Gasteiger partial charge in [-0.15, -0.1) is 0 Å². The van der Waals surface area contributed by atoms with Crippen LogP contribution in [0, 0.1) is 0 Å². The van der Waals surface area contributed by atoms with Crippen LogP contribution in [-0.4, -0.2) is 27.9 Å². The van der Waals surface area contributed by atoms with Gasteiger partial charge in [-0.05, 0) is 5.75 Å². The topological polar surface area (TPSA) is 20.3 Å². The third-order valence-corrected chi connectivity index (χ3v) is 2.66. The zero-order valence-electron chi connectivity index (χ0n) is 7.09. The fraction of sp³-hybridized carbons (Fsp3) is 0.714. The van der Waals surface area contributed by atoms with E-state index in [9.17, 15) is 4.79 Å². The Balaban J connectivity index is 3.91. The van der Waals surface area contributed by atoms with Crippen LogP contribution in [0.3, 0.4) is 0 Å². The molecule has 0 heterocycles. The van der Waals surface area contributed by atoms with E-state index in [4.69, 9.17) is 12.2 Å². The molecule has 0 fully saturated rings. The summed E-state index contributed by atoms with van der Waals surface area (Å²) in [5, 5.41) is 0. The van der Waals surface area contributed by atoms with E-state index in [2.05, 4.69) is 0 Å². The van der Waals surface area contributed by atoms with Crippen molar-refractivity contribution in [3.8, 4) is 0 Å². The standard InChI is InChI=1S/C7H13NOS2/c1-4-6(9)8(3)7(10)11-5-2/h4-5H2,1-3H3. The molecule has 11 heavy (non-hydrogen) atoms. The summed E-state index contributed by atoms with van der Waals surface area (Å²) in [5.74, 6) is 0.996. The summed E-state index contributed by atoms with van der Waals surface area (Å²) in [6, 6.07) is 0. The molecule has 0 N–H and O–H groups in total. The van der Waals surface area contributed by atoms with E-state index in [1.54, 1.807) is 7.05 Å². The van der Waals surface area contributed by atoms with Crippen LogP contribution in [0.1, 0.15) is 20.3 Å². The molecule has 0 atom stereocenters. The second-order valence-electron chi connectivity index (χ2n) is 2.01. The highest BCUT2D eigenvalue weighted by Crippen LogP contribution is 2.07. The van der Waals surface area contributed by atoms with E-state index in [-0.39, 0.29) is 5.91 Å². The van der Waals surface area contributed by atoms with Crippen molar-refractivity contribution in [1.82, 2.24) is 4.90 Å². The average Bonchev–Trinajstić information content (AvgIpc) is 2.02. The van der Waals surface area contributed by atoms with Gasteiger partial charge in [0, 0.05) is 13.5 Å². The molecule has 64 valence electrons. The van der Waals surface area contributed by atoms with Crippen molar-refractivity contribution in [2.75, 3.05) is 12.8 Å². The van der Waals surface area contributed by atoms with E-state index in [0.717, 1.165) is 5.75 Å². The largest absolute Gasteiger partial charge is 0.301 e. The van der Waals surface area contributed by atoms with Crippen LogP contribution >= 0.6 is 24.0 Å². The van der Waals surface area contributed by atoms with Crippen LogP contribution in [0.15, 0.2) is 0 Å². The molecule has 0 radical (unpaired) electrons. The molecule has 0 aromatic heterocycles. The summed E-state index contributed by atoms with van der Waals surface area (Å²) in [6.45, 7) is 3.85. The molecule has 0 spiro atoms. The Bertz CT molecular complexity index is 159. The Morgan fingerprint density at radius 1 is 1.55 bits per heavy atom. The van der Waals surface area contributed by atoms with Gasteiger partial charge < -0.3 is 4.90 Å². The van der Waals surface area contributed by atoms with Crippen molar-refractivity contribution in [2.24, 2.45) is 0 Å². The van der Waals surface area contributed by atoms with E-state index in [0.29, 0.717) is 10.7 Å². The summed E-state index contributed by atoms with van der Waals surface area (Å²) in [6.07, 6.45) is 0.515. The Labute approximate surface area is 77.3 Å². The van der Waals surface area contributed by atoms with E-state index < -0.39 is 0 Å². The van der Waals surface area contributed by atoms with Crippen LogP contribution in [0.2, 0.25) is 0 Å². The molecule has 4 heteroatoms. The molecule has 1 amide bonds. The SMILES string of the molecule is CCSC(=S)N(C)C(=O)CC. The minimum atomic E-state index is 0.0796. The molecule has 0 aliphatic rings. The smallest absolute Gasteiger partial charge is 0.227 e. The Kier molecular flexibility index (Phi) is 5.50. The number of nitrogens with zero attached hydrogens (tertiary/aromatic N) is 1. The number of hydrogen-bond donors (Lipinski definition) is 0. The molecular weight excluding hydrogens is 178 g/mol. The number of thiocarbonyl (C=S) groups is 1. The van der Waals surface area contributed by atoms with E-state index >= 15 is 0 Å². The van der Waals surface area contributed by atoms with Gasteiger partial charge >= 0.3 is 0 Å². The summed E-state index contributed by atoms with van der Waals surface area (Å²) in [5.41, 5.74) is 0. The monoisotopic (exact) mass is 191 g/mol. The lowest BCUT2D eigenvalue weighted by Gasteiger charge is -2.15. The van der Waals surface area contributed by atoms with Crippen molar-refractivity contribution in [3.63, 3.8) is 0 Å². The quantitative estimate of drug-likeness (QED) is 0.622. The highest BCUT2D eigenvalue weighted by molar-refractivity contribution is 8.22. The third kappa shape index (κ3) is 3.72. The Morgan fingerprint density at radius 3 is 2.45 bits per heavy atom. The fourth-order valence-corrected chi connectivity index (χ4v) is 1.56. The number of carbonyl (C=O) groups is 1. The molecule has 0 saturated carbocycles. The summed E-state index contributed by atoms with van der Waals surface area (Å²) >= 11 is 6.51. The lowest BCUT2D eigenvalue weighted by atomic mass is 10.4. The van der Waals surface area contributed by atoms with Crippen LogP contribution < -0.4 is 0 Å². The van der Waals surface area contributed by atoms with Gasteiger partial charge in [0.2, 0.25) is 5.91 Å². The molecular formula is C7H13NOS2. The van der Waals surface area contributed by atoms with Gasteiger partial charge in [-0.25, -0.2) is 0 Å². The van der Waals surface area contributed by atoms with E-state index in [1.807, 2.05) is 13.8 Å². The first-order valence-corrected chi connectivity index (χ1v) is 4.96.